The Bertz CT molecular complexity index is 625. The summed E-state index contributed by atoms with van der Waals surface area (Å²) in [5.41, 5.74) is 0.0801. The van der Waals surface area contributed by atoms with Crippen molar-refractivity contribution in [3.8, 4) is 0 Å². The fourth-order valence-electron chi connectivity index (χ4n) is 1.89. The van der Waals surface area contributed by atoms with Crippen molar-refractivity contribution in [1.29, 1.82) is 0 Å². The number of hydrogen-bond donors (Lipinski definition) is 2. The average molecular weight is 290 g/mol. The predicted molar refractivity (Wildman–Crippen MR) is 75.6 cm³/mol. The molecule has 0 saturated heterocycles. The third-order valence-electron chi connectivity index (χ3n) is 3.02. The third kappa shape index (κ3) is 3.90. The normalized spacial score (nSPS) is 11.9. The molecule has 0 radical (unpaired) electrons. The lowest BCUT2D eigenvalue weighted by molar-refractivity contribution is -0.684. The lowest BCUT2D eigenvalue weighted by Crippen LogP contribution is -2.86. The molecule has 110 valence electrons. The molecule has 0 aliphatic rings. The maximum absolute atomic E-state index is 11.9. The van der Waals surface area contributed by atoms with Crippen LogP contribution in [0.1, 0.15) is 18.7 Å². The van der Waals surface area contributed by atoms with E-state index in [-0.39, 0.29) is 29.9 Å². The number of furan rings is 1. The molecule has 0 bridgehead atoms. The monoisotopic (exact) mass is 290 g/mol. The number of quaternary nitrogens is 1. The van der Waals surface area contributed by atoms with E-state index in [4.69, 9.17) is 4.42 Å². The molecule has 0 aliphatic carbocycles. The van der Waals surface area contributed by atoms with Gasteiger partial charge in [0.2, 0.25) is 0 Å². The van der Waals surface area contributed by atoms with Gasteiger partial charge in [-0.25, -0.2) is 0 Å². The second-order valence-electron chi connectivity index (χ2n) is 4.57. The van der Waals surface area contributed by atoms with E-state index in [1.54, 1.807) is 29.8 Å². The molecule has 1 atom stereocenters. The number of benzene rings is 1. The fourth-order valence-corrected chi connectivity index (χ4v) is 1.89. The first-order valence-corrected chi connectivity index (χ1v) is 6.48. The van der Waals surface area contributed by atoms with Gasteiger partial charge in [-0.05, 0) is 25.1 Å². The van der Waals surface area contributed by atoms with Gasteiger partial charge in [0.05, 0.1) is 11.2 Å². The number of nitrogens with zero attached hydrogens (tertiary/aromatic N) is 1. The van der Waals surface area contributed by atoms with Crippen molar-refractivity contribution >= 4 is 17.3 Å². The minimum absolute atomic E-state index is 0.00323. The van der Waals surface area contributed by atoms with Crippen LogP contribution in [-0.4, -0.2) is 17.4 Å². The van der Waals surface area contributed by atoms with Crippen molar-refractivity contribution in [2.45, 2.75) is 13.0 Å². The van der Waals surface area contributed by atoms with E-state index in [9.17, 15) is 14.9 Å². The van der Waals surface area contributed by atoms with Crippen LogP contribution in [-0.2, 0) is 4.79 Å². The van der Waals surface area contributed by atoms with E-state index < -0.39 is 4.92 Å². The average Bonchev–Trinajstić information content (AvgIpc) is 2.99. The highest BCUT2D eigenvalue weighted by Crippen LogP contribution is 2.22. The van der Waals surface area contributed by atoms with Gasteiger partial charge in [-0.1, -0.05) is 12.1 Å². The Morgan fingerprint density at radius 1 is 1.38 bits per heavy atom. The van der Waals surface area contributed by atoms with Crippen LogP contribution in [0.2, 0.25) is 0 Å². The highest BCUT2D eigenvalue weighted by Gasteiger charge is 2.17. The van der Waals surface area contributed by atoms with Crippen molar-refractivity contribution < 1.29 is 19.5 Å². The number of carbonyl (C=O) groups is 1. The smallest absolute Gasteiger partial charge is 0.292 e. The van der Waals surface area contributed by atoms with Gasteiger partial charge in [0.1, 0.15) is 11.7 Å². The van der Waals surface area contributed by atoms with Gasteiger partial charge < -0.3 is 15.1 Å². The van der Waals surface area contributed by atoms with E-state index in [0.717, 1.165) is 5.76 Å². The summed E-state index contributed by atoms with van der Waals surface area (Å²) in [6, 6.07) is 9.67. The number of para-hydroxylation sites is 2. The molecule has 3 N–H and O–H groups in total. The van der Waals surface area contributed by atoms with Crippen molar-refractivity contribution in [3.05, 3.63) is 58.5 Å². The number of amides is 1. The molecule has 7 nitrogen and oxygen atoms in total. The van der Waals surface area contributed by atoms with Gasteiger partial charge in [-0.2, -0.15) is 0 Å². The Morgan fingerprint density at radius 2 is 2.14 bits per heavy atom. The molecule has 0 unspecified atom stereocenters. The van der Waals surface area contributed by atoms with Crippen molar-refractivity contribution in [1.82, 2.24) is 0 Å². The van der Waals surface area contributed by atoms with Crippen LogP contribution < -0.4 is 10.6 Å². The summed E-state index contributed by atoms with van der Waals surface area (Å²) in [5, 5.41) is 15.2. The first-order valence-electron chi connectivity index (χ1n) is 6.48. The van der Waals surface area contributed by atoms with E-state index in [1.807, 2.05) is 13.0 Å². The Labute approximate surface area is 121 Å². The number of nitro groups is 1. The van der Waals surface area contributed by atoms with Gasteiger partial charge in [-0.3, -0.25) is 14.9 Å². The molecule has 0 aliphatic heterocycles. The number of anilines is 1. The summed E-state index contributed by atoms with van der Waals surface area (Å²) < 4.78 is 5.24. The minimum Gasteiger partial charge on any atom is -0.463 e. The van der Waals surface area contributed by atoms with E-state index in [2.05, 4.69) is 5.32 Å². The Hall–Kier alpha value is -2.67. The summed E-state index contributed by atoms with van der Waals surface area (Å²) in [6.07, 6.45) is 1.58. The molecule has 21 heavy (non-hydrogen) atoms. The van der Waals surface area contributed by atoms with E-state index in [0.29, 0.717) is 0 Å². The molecular formula is C14H16N3O4+. The van der Waals surface area contributed by atoms with Gasteiger partial charge in [0.25, 0.3) is 11.6 Å². The molecule has 1 aromatic heterocycles. The predicted octanol–water partition coefficient (Wildman–Crippen LogP) is 1.45. The number of rotatable bonds is 6. The third-order valence-corrected chi connectivity index (χ3v) is 3.02. The summed E-state index contributed by atoms with van der Waals surface area (Å²) in [5.74, 6) is 0.469. The number of carbonyl (C=O) groups excluding carboxylic acids is 1. The number of nitro benzene ring substituents is 1. The molecule has 2 rings (SSSR count). The molecule has 0 fully saturated rings. The Morgan fingerprint density at radius 3 is 2.81 bits per heavy atom. The maximum atomic E-state index is 11.9. The summed E-state index contributed by atoms with van der Waals surface area (Å²) in [6.45, 7) is 2.06. The Balaban J connectivity index is 1.92. The van der Waals surface area contributed by atoms with Crippen LogP contribution in [0, 0.1) is 10.1 Å². The quantitative estimate of drug-likeness (QED) is 0.621. The van der Waals surface area contributed by atoms with Gasteiger partial charge >= 0.3 is 0 Å². The molecule has 1 aromatic carbocycles. The van der Waals surface area contributed by atoms with Crippen molar-refractivity contribution in [2.75, 3.05) is 11.9 Å². The zero-order chi connectivity index (χ0) is 15.2. The first kappa shape index (κ1) is 14.7. The van der Waals surface area contributed by atoms with Crippen molar-refractivity contribution in [3.63, 3.8) is 0 Å². The molecular weight excluding hydrogens is 274 g/mol. The molecule has 0 spiro atoms. The van der Waals surface area contributed by atoms with E-state index in [1.165, 1.54) is 12.1 Å². The summed E-state index contributed by atoms with van der Waals surface area (Å²) >= 11 is 0. The molecule has 1 amide bonds. The second kappa shape index (κ2) is 6.67. The Kier molecular flexibility index (Phi) is 4.68. The topological polar surface area (TPSA) is 102 Å². The highest BCUT2D eigenvalue weighted by atomic mass is 16.6. The van der Waals surface area contributed by atoms with Crippen LogP contribution in [0.15, 0.2) is 47.1 Å². The van der Waals surface area contributed by atoms with Crippen LogP contribution in [0.25, 0.3) is 0 Å². The lowest BCUT2D eigenvalue weighted by Gasteiger charge is -2.08. The lowest BCUT2D eigenvalue weighted by atomic mass is 10.2. The largest absolute Gasteiger partial charge is 0.463 e. The standard InChI is InChI=1S/C14H15N3O4/c1-10(13-7-4-8-21-13)15-9-14(18)16-11-5-2-3-6-12(11)17(19)20/h2-8,10,15H,9H2,1H3,(H,16,18)/p+1/t10-/m1/s1. The fraction of sp³-hybridized carbons (Fsp3) is 0.214. The second-order valence-corrected chi connectivity index (χ2v) is 4.57. The zero-order valence-electron chi connectivity index (χ0n) is 11.5. The highest BCUT2D eigenvalue weighted by molar-refractivity contribution is 5.93. The summed E-state index contributed by atoms with van der Waals surface area (Å²) in [4.78, 5) is 22.2. The minimum atomic E-state index is -0.523. The molecule has 7 heteroatoms. The van der Waals surface area contributed by atoms with Gasteiger partial charge in [0, 0.05) is 6.07 Å². The van der Waals surface area contributed by atoms with Crippen LogP contribution in [0.4, 0.5) is 11.4 Å². The van der Waals surface area contributed by atoms with Crippen LogP contribution in [0.3, 0.4) is 0 Å². The summed E-state index contributed by atoms with van der Waals surface area (Å²) in [7, 11) is 0. The maximum Gasteiger partial charge on any atom is 0.292 e. The van der Waals surface area contributed by atoms with Gasteiger partial charge in [0.15, 0.2) is 12.3 Å². The molecule has 1 heterocycles. The zero-order valence-corrected chi connectivity index (χ0v) is 11.5. The van der Waals surface area contributed by atoms with Crippen LogP contribution >= 0.6 is 0 Å². The molecule has 0 saturated carbocycles. The van der Waals surface area contributed by atoms with Crippen LogP contribution in [0.5, 0.6) is 0 Å². The SMILES string of the molecule is C[C@@H]([NH2+]CC(=O)Nc1ccccc1[N+](=O)[O-])c1ccco1. The van der Waals surface area contributed by atoms with Crippen molar-refractivity contribution in [2.24, 2.45) is 0 Å². The number of hydrogen-bond acceptors (Lipinski definition) is 4. The number of nitrogens with one attached hydrogen (secondary N) is 1. The number of nitrogens with two attached hydrogens (primary N) is 1. The first-order chi connectivity index (χ1) is 10.1. The molecule has 2 aromatic rings. The van der Waals surface area contributed by atoms with E-state index >= 15 is 0 Å². The van der Waals surface area contributed by atoms with Gasteiger partial charge in [-0.15, -0.1) is 0 Å².